The van der Waals surface area contributed by atoms with Crippen LogP contribution in [-0.4, -0.2) is 6.04 Å². The first-order valence-corrected chi connectivity index (χ1v) is 4.21. The molecule has 0 bridgehead atoms. The number of hydrogen-bond donors (Lipinski definition) is 1. The van der Waals surface area contributed by atoms with Gasteiger partial charge in [0.15, 0.2) is 0 Å². The Bertz CT molecular complexity index is 104. The topological polar surface area (TPSA) is 26.0 Å². The smallest absolute Gasteiger partial charge is 0.00675 e. The van der Waals surface area contributed by atoms with E-state index in [2.05, 4.69) is 19.1 Å². The van der Waals surface area contributed by atoms with Crippen LogP contribution in [0.15, 0.2) is 12.2 Å². The van der Waals surface area contributed by atoms with Crippen molar-refractivity contribution in [2.75, 3.05) is 0 Å². The van der Waals surface area contributed by atoms with Crippen LogP contribution < -0.4 is 5.73 Å². The molecule has 1 heteroatoms. The summed E-state index contributed by atoms with van der Waals surface area (Å²) in [4.78, 5) is 0. The van der Waals surface area contributed by atoms with Gasteiger partial charge in [0, 0.05) is 6.04 Å². The molecule has 0 saturated carbocycles. The summed E-state index contributed by atoms with van der Waals surface area (Å²) >= 11 is 0. The predicted molar refractivity (Wildman–Crippen MR) is 44.7 cm³/mol. The van der Waals surface area contributed by atoms with Crippen LogP contribution in [0.3, 0.4) is 0 Å². The molecule has 1 aliphatic rings. The second-order valence-electron chi connectivity index (χ2n) is 3.27. The van der Waals surface area contributed by atoms with Crippen LogP contribution in [0.2, 0.25) is 0 Å². The van der Waals surface area contributed by atoms with Crippen molar-refractivity contribution in [1.29, 1.82) is 0 Å². The third-order valence-electron chi connectivity index (χ3n) is 2.35. The third kappa shape index (κ3) is 2.14. The fourth-order valence-electron chi connectivity index (χ4n) is 1.38. The van der Waals surface area contributed by atoms with E-state index in [9.17, 15) is 0 Å². The number of nitrogens with two attached hydrogens (primary N) is 1. The molecule has 0 spiro atoms. The molecule has 2 atom stereocenters. The first-order valence-electron chi connectivity index (χ1n) is 4.21. The molecule has 0 aliphatic heterocycles. The predicted octanol–water partition coefficient (Wildman–Crippen LogP) is 2.08. The minimum Gasteiger partial charge on any atom is -0.327 e. The second-order valence-corrected chi connectivity index (χ2v) is 3.27. The second kappa shape index (κ2) is 3.77. The summed E-state index contributed by atoms with van der Waals surface area (Å²) in [6.07, 6.45) is 9.35. The molecular weight excluding hydrogens is 122 g/mol. The van der Waals surface area contributed by atoms with Crippen LogP contribution in [-0.2, 0) is 0 Å². The van der Waals surface area contributed by atoms with Gasteiger partial charge in [-0.05, 0) is 31.6 Å². The van der Waals surface area contributed by atoms with E-state index >= 15 is 0 Å². The van der Waals surface area contributed by atoms with Crippen molar-refractivity contribution in [2.24, 2.45) is 11.7 Å². The average molecular weight is 139 g/mol. The minimum absolute atomic E-state index is 0.435. The Morgan fingerprint density at radius 1 is 1.20 bits per heavy atom. The largest absolute Gasteiger partial charge is 0.327 e. The van der Waals surface area contributed by atoms with E-state index in [1.807, 2.05) is 0 Å². The Kier molecular flexibility index (Phi) is 2.94. The van der Waals surface area contributed by atoms with Crippen molar-refractivity contribution in [3.05, 3.63) is 12.2 Å². The van der Waals surface area contributed by atoms with Gasteiger partial charge in [-0.2, -0.15) is 0 Å². The molecule has 0 aromatic rings. The zero-order valence-corrected chi connectivity index (χ0v) is 6.72. The van der Waals surface area contributed by atoms with Crippen molar-refractivity contribution in [2.45, 2.75) is 38.6 Å². The lowest BCUT2D eigenvalue weighted by molar-refractivity contribution is 0.405. The van der Waals surface area contributed by atoms with Gasteiger partial charge < -0.3 is 5.73 Å². The molecule has 0 amide bonds. The molecular formula is C9H17N. The van der Waals surface area contributed by atoms with Gasteiger partial charge in [-0.1, -0.05) is 19.1 Å². The lowest BCUT2D eigenvalue weighted by Crippen LogP contribution is -2.28. The van der Waals surface area contributed by atoms with Crippen molar-refractivity contribution in [3.63, 3.8) is 0 Å². The minimum atomic E-state index is 0.435. The molecule has 58 valence electrons. The van der Waals surface area contributed by atoms with Crippen LogP contribution >= 0.6 is 0 Å². The Morgan fingerprint density at radius 2 is 1.80 bits per heavy atom. The molecule has 0 heterocycles. The maximum atomic E-state index is 5.91. The van der Waals surface area contributed by atoms with E-state index in [1.165, 1.54) is 19.3 Å². The summed E-state index contributed by atoms with van der Waals surface area (Å²) < 4.78 is 0. The van der Waals surface area contributed by atoms with Crippen LogP contribution in [0, 0.1) is 5.92 Å². The van der Waals surface area contributed by atoms with Crippen molar-refractivity contribution in [3.8, 4) is 0 Å². The van der Waals surface area contributed by atoms with Gasteiger partial charge in [-0.3, -0.25) is 0 Å². The highest BCUT2D eigenvalue weighted by molar-refractivity contribution is 4.87. The van der Waals surface area contributed by atoms with E-state index in [4.69, 9.17) is 5.73 Å². The summed E-state index contributed by atoms with van der Waals surface area (Å²) in [7, 11) is 0. The molecule has 0 aromatic heterocycles. The van der Waals surface area contributed by atoms with Gasteiger partial charge in [0.05, 0.1) is 0 Å². The standard InChI is InChI=1S/C9H17N/c1-8-6-4-2-3-5-7-9(8)10/h2-3,8-9H,4-7,10H2,1H3. The van der Waals surface area contributed by atoms with E-state index in [-0.39, 0.29) is 0 Å². The molecule has 0 saturated heterocycles. The van der Waals surface area contributed by atoms with Crippen molar-refractivity contribution >= 4 is 0 Å². The van der Waals surface area contributed by atoms with E-state index in [1.54, 1.807) is 0 Å². The average Bonchev–Trinajstić information content (AvgIpc) is 1.92. The number of allylic oxidation sites excluding steroid dienone is 2. The van der Waals surface area contributed by atoms with Crippen LogP contribution in [0.5, 0.6) is 0 Å². The highest BCUT2D eigenvalue weighted by Gasteiger charge is 2.11. The molecule has 2 unspecified atom stereocenters. The summed E-state index contributed by atoms with van der Waals surface area (Å²) in [6.45, 7) is 2.25. The molecule has 1 rings (SSSR count). The Balaban J connectivity index is 2.40. The highest BCUT2D eigenvalue weighted by atomic mass is 14.6. The summed E-state index contributed by atoms with van der Waals surface area (Å²) in [5.41, 5.74) is 5.91. The molecule has 0 radical (unpaired) electrons. The Morgan fingerprint density at radius 3 is 2.50 bits per heavy atom. The lowest BCUT2D eigenvalue weighted by atomic mass is 9.92. The van der Waals surface area contributed by atoms with Gasteiger partial charge in [0.25, 0.3) is 0 Å². The number of rotatable bonds is 0. The SMILES string of the molecule is CC1CCC=CCCC1N. The van der Waals surface area contributed by atoms with Gasteiger partial charge in [0.2, 0.25) is 0 Å². The van der Waals surface area contributed by atoms with E-state index < -0.39 is 0 Å². The summed E-state index contributed by atoms with van der Waals surface area (Å²) in [5, 5.41) is 0. The molecule has 1 nitrogen and oxygen atoms in total. The fourth-order valence-corrected chi connectivity index (χ4v) is 1.38. The van der Waals surface area contributed by atoms with Crippen molar-refractivity contribution < 1.29 is 0 Å². The highest BCUT2D eigenvalue weighted by Crippen LogP contribution is 2.16. The van der Waals surface area contributed by atoms with Crippen LogP contribution in [0.1, 0.15) is 32.6 Å². The molecule has 0 fully saturated rings. The van der Waals surface area contributed by atoms with E-state index in [0.717, 1.165) is 6.42 Å². The van der Waals surface area contributed by atoms with Crippen LogP contribution in [0.4, 0.5) is 0 Å². The maximum absolute atomic E-state index is 5.91. The van der Waals surface area contributed by atoms with Gasteiger partial charge >= 0.3 is 0 Å². The number of hydrogen-bond acceptors (Lipinski definition) is 1. The van der Waals surface area contributed by atoms with Crippen molar-refractivity contribution in [1.82, 2.24) is 0 Å². The van der Waals surface area contributed by atoms with Gasteiger partial charge in [0.1, 0.15) is 0 Å². The first-order chi connectivity index (χ1) is 4.80. The molecule has 2 N–H and O–H groups in total. The Hall–Kier alpha value is -0.300. The van der Waals surface area contributed by atoms with Gasteiger partial charge in [-0.15, -0.1) is 0 Å². The summed E-state index contributed by atoms with van der Waals surface area (Å²) in [5.74, 6) is 0.713. The van der Waals surface area contributed by atoms with E-state index in [0.29, 0.717) is 12.0 Å². The third-order valence-corrected chi connectivity index (χ3v) is 2.35. The zero-order valence-electron chi connectivity index (χ0n) is 6.72. The molecule has 10 heavy (non-hydrogen) atoms. The van der Waals surface area contributed by atoms with Crippen LogP contribution in [0.25, 0.3) is 0 Å². The fraction of sp³-hybridized carbons (Fsp3) is 0.778. The Labute approximate surface area is 63.3 Å². The monoisotopic (exact) mass is 139 g/mol. The quantitative estimate of drug-likeness (QED) is 0.511. The molecule has 0 aromatic carbocycles. The zero-order chi connectivity index (χ0) is 7.40. The maximum Gasteiger partial charge on any atom is 0.00675 e. The first kappa shape index (κ1) is 7.80. The lowest BCUT2D eigenvalue weighted by Gasteiger charge is -2.19. The summed E-state index contributed by atoms with van der Waals surface area (Å²) in [6, 6.07) is 0.435. The van der Waals surface area contributed by atoms with Gasteiger partial charge in [-0.25, -0.2) is 0 Å². The molecule has 1 aliphatic carbocycles. The normalized spacial score (nSPS) is 35.0.